The van der Waals surface area contributed by atoms with Crippen molar-refractivity contribution in [2.45, 2.75) is 50.8 Å². The highest BCUT2D eigenvalue weighted by molar-refractivity contribution is 5.35. The molecular weight excluding hydrogens is 260 g/mol. The second-order valence-electron chi connectivity index (χ2n) is 6.82. The Kier molecular flexibility index (Phi) is 4.34. The Labute approximate surface area is 128 Å². The van der Waals surface area contributed by atoms with E-state index in [1.807, 2.05) is 0 Å². The molecule has 0 amide bonds. The molecule has 1 heterocycles. The van der Waals surface area contributed by atoms with Crippen LogP contribution >= 0.6 is 0 Å². The second-order valence-corrected chi connectivity index (χ2v) is 6.82. The summed E-state index contributed by atoms with van der Waals surface area (Å²) in [5.41, 5.74) is 2.48. The van der Waals surface area contributed by atoms with E-state index in [4.69, 9.17) is 0 Å². The molecule has 21 heavy (non-hydrogen) atoms. The molecule has 4 atom stereocenters. The van der Waals surface area contributed by atoms with Crippen LogP contribution in [0.3, 0.4) is 0 Å². The van der Waals surface area contributed by atoms with Crippen molar-refractivity contribution in [2.24, 2.45) is 0 Å². The molecule has 0 aromatic heterocycles. The predicted molar refractivity (Wildman–Crippen MR) is 86.5 cm³/mol. The van der Waals surface area contributed by atoms with Gasteiger partial charge in [0.05, 0.1) is 6.10 Å². The Balaban J connectivity index is 1.81. The van der Waals surface area contributed by atoms with E-state index < -0.39 is 0 Å². The van der Waals surface area contributed by atoms with E-state index in [9.17, 15) is 5.11 Å². The van der Waals surface area contributed by atoms with Crippen molar-refractivity contribution < 1.29 is 5.11 Å². The molecule has 1 N–H and O–H groups in total. The van der Waals surface area contributed by atoms with Crippen molar-refractivity contribution in [3.05, 3.63) is 35.4 Å². The third-order valence-corrected chi connectivity index (χ3v) is 5.55. The van der Waals surface area contributed by atoms with Gasteiger partial charge in [-0.1, -0.05) is 38.1 Å². The molecule has 0 bridgehead atoms. The van der Waals surface area contributed by atoms with Crippen LogP contribution in [0.5, 0.6) is 0 Å². The number of benzene rings is 1. The fourth-order valence-electron chi connectivity index (χ4n) is 4.12. The van der Waals surface area contributed by atoms with Crippen LogP contribution in [-0.4, -0.2) is 53.7 Å². The van der Waals surface area contributed by atoms with Crippen molar-refractivity contribution in [3.8, 4) is 0 Å². The quantitative estimate of drug-likeness (QED) is 0.906. The number of nitrogens with zero attached hydrogens (tertiary/aromatic N) is 2. The normalized spacial score (nSPS) is 34.7. The number of rotatable bonds is 2. The number of piperazine rings is 1. The first-order valence-electron chi connectivity index (χ1n) is 8.33. The van der Waals surface area contributed by atoms with Crippen molar-refractivity contribution >= 4 is 0 Å². The molecule has 3 heteroatoms. The highest BCUT2D eigenvalue weighted by Crippen LogP contribution is 2.40. The van der Waals surface area contributed by atoms with Gasteiger partial charge in [0.15, 0.2) is 0 Å². The monoisotopic (exact) mass is 288 g/mol. The molecule has 0 spiro atoms. The number of hydrogen-bond acceptors (Lipinski definition) is 3. The van der Waals surface area contributed by atoms with Gasteiger partial charge in [0.25, 0.3) is 0 Å². The van der Waals surface area contributed by atoms with Gasteiger partial charge in [0, 0.05) is 31.7 Å². The van der Waals surface area contributed by atoms with Crippen LogP contribution in [0.1, 0.15) is 49.8 Å². The van der Waals surface area contributed by atoms with E-state index in [-0.39, 0.29) is 12.1 Å². The number of aliphatic hydroxyl groups excluding tert-OH is 1. The Morgan fingerprint density at radius 1 is 1.19 bits per heavy atom. The summed E-state index contributed by atoms with van der Waals surface area (Å²) in [6.45, 7) is 7.83. The smallest absolute Gasteiger partial charge is 0.0948 e. The molecule has 4 unspecified atom stereocenters. The zero-order chi connectivity index (χ0) is 15.0. The van der Waals surface area contributed by atoms with Gasteiger partial charge in [0.2, 0.25) is 0 Å². The average molecular weight is 288 g/mol. The summed E-state index contributed by atoms with van der Waals surface area (Å²) in [7, 11) is 2.22. The molecule has 3 nitrogen and oxygen atoms in total. The van der Waals surface area contributed by atoms with Gasteiger partial charge >= 0.3 is 0 Å². The van der Waals surface area contributed by atoms with Crippen LogP contribution in [0.15, 0.2) is 24.3 Å². The van der Waals surface area contributed by atoms with Crippen LogP contribution in [0.4, 0.5) is 0 Å². The summed E-state index contributed by atoms with van der Waals surface area (Å²) in [4.78, 5) is 4.99. The molecule has 0 saturated carbocycles. The maximum atomic E-state index is 10.9. The Bertz CT molecular complexity index is 490. The first-order valence-corrected chi connectivity index (χ1v) is 8.33. The van der Waals surface area contributed by atoms with Gasteiger partial charge in [0.1, 0.15) is 0 Å². The maximum Gasteiger partial charge on any atom is 0.0948 e. The van der Waals surface area contributed by atoms with E-state index in [0.29, 0.717) is 12.0 Å². The van der Waals surface area contributed by atoms with Crippen LogP contribution in [-0.2, 0) is 0 Å². The Morgan fingerprint density at radius 3 is 2.62 bits per heavy atom. The summed E-state index contributed by atoms with van der Waals surface area (Å²) in [5, 5.41) is 10.9. The number of aliphatic hydroxyl groups is 1. The fourth-order valence-corrected chi connectivity index (χ4v) is 4.12. The van der Waals surface area contributed by atoms with E-state index in [1.54, 1.807) is 0 Å². The summed E-state index contributed by atoms with van der Waals surface area (Å²) in [6.07, 6.45) is 1.92. The van der Waals surface area contributed by atoms with Crippen LogP contribution in [0, 0.1) is 0 Å². The van der Waals surface area contributed by atoms with Crippen LogP contribution in [0.25, 0.3) is 0 Å². The van der Waals surface area contributed by atoms with Crippen molar-refractivity contribution in [2.75, 3.05) is 26.7 Å². The minimum absolute atomic E-state index is 0.276. The first-order chi connectivity index (χ1) is 10.1. The Morgan fingerprint density at radius 2 is 1.90 bits per heavy atom. The van der Waals surface area contributed by atoms with Crippen LogP contribution in [0.2, 0.25) is 0 Å². The highest BCUT2D eigenvalue weighted by atomic mass is 16.3. The van der Waals surface area contributed by atoms with Crippen molar-refractivity contribution in [1.29, 1.82) is 0 Å². The van der Waals surface area contributed by atoms with Gasteiger partial charge in [-0.2, -0.15) is 0 Å². The molecule has 0 radical (unpaired) electrons. The lowest BCUT2D eigenvalue weighted by atomic mass is 9.78. The maximum absolute atomic E-state index is 10.9. The minimum Gasteiger partial charge on any atom is -0.387 e. The molecule has 116 valence electrons. The molecule has 1 saturated heterocycles. The first kappa shape index (κ1) is 15.0. The zero-order valence-electron chi connectivity index (χ0n) is 13.5. The summed E-state index contributed by atoms with van der Waals surface area (Å²) >= 11 is 0. The lowest BCUT2D eigenvalue weighted by molar-refractivity contribution is -0.0101. The third-order valence-electron chi connectivity index (χ3n) is 5.55. The number of fused-ring (bicyclic) bond motifs is 1. The van der Waals surface area contributed by atoms with Gasteiger partial charge in [-0.05, 0) is 36.9 Å². The lowest BCUT2D eigenvalue weighted by Gasteiger charge is -2.47. The molecular formula is C18H28N2O. The zero-order valence-corrected chi connectivity index (χ0v) is 13.5. The molecule has 2 aliphatic rings. The number of likely N-dealkylation sites (N-methyl/N-ethyl adjacent to an activating group) is 1. The topological polar surface area (TPSA) is 26.7 Å². The van der Waals surface area contributed by atoms with Gasteiger partial charge in [-0.3, -0.25) is 4.90 Å². The van der Waals surface area contributed by atoms with Crippen molar-refractivity contribution in [1.82, 2.24) is 9.80 Å². The van der Waals surface area contributed by atoms with E-state index in [1.165, 1.54) is 12.0 Å². The molecule has 1 aliphatic carbocycles. The fraction of sp³-hybridized carbons (Fsp3) is 0.667. The van der Waals surface area contributed by atoms with Gasteiger partial charge < -0.3 is 10.0 Å². The summed E-state index contributed by atoms with van der Waals surface area (Å²) < 4.78 is 0. The van der Waals surface area contributed by atoms with E-state index in [2.05, 4.69) is 55.0 Å². The van der Waals surface area contributed by atoms with Gasteiger partial charge in [-0.25, -0.2) is 0 Å². The molecule has 1 fully saturated rings. The summed E-state index contributed by atoms with van der Waals surface area (Å²) in [5.74, 6) is 0.536. The third kappa shape index (κ3) is 2.75. The molecule has 1 aromatic rings. The second kappa shape index (κ2) is 6.07. The lowest BCUT2D eigenvalue weighted by Crippen LogP contribution is -2.56. The van der Waals surface area contributed by atoms with Crippen molar-refractivity contribution in [3.63, 3.8) is 0 Å². The van der Waals surface area contributed by atoms with E-state index in [0.717, 1.165) is 31.6 Å². The van der Waals surface area contributed by atoms with Crippen LogP contribution < -0.4 is 0 Å². The summed E-state index contributed by atoms with van der Waals surface area (Å²) in [6, 6.07) is 9.33. The standard InChI is InChI=1S/C18H28N2O/c1-4-14-12-20(10-9-19(14)3)17-11-13(2)15-7-5-6-8-16(15)18(17)21/h5-8,13-14,17-18,21H,4,9-12H2,1-3H3. The number of hydrogen-bond donors (Lipinski definition) is 1. The van der Waals surface area contributed by atoms with Gasteiger partial charge in [-0.15, -0.1) is 0 Å². The Hall–Kier alpha value is -0.900. The molecule has 1 aliphatic heterocycles. The average Bonchev–Trinajstić information content (AvgIpc) is 2.51. The minimum atomic E-state index is -0.335. The molecule has 3 rings (SSSR count). The predicted octanol–water partition coefficient (Wildman–Crippen LogP) is 2.62. The largest absolute Gasteiger partial charge is 0.387 e. The highest BCUT2D eigenvalue weighted by Gasteiger charge is 2.37. The van der Waals surface area contributed by atoms with E-state index >= 15 is 0 Å². The molecule has 1 aromatic carbocycles. The SMILES string of the molecule is CCC1CN(C2CC(C)c3ccccc3C2O)CCN1C.